The summed E-state index contributed by atoms with van der Waals surface area (Å²) < 4.78 is 78.7. The number of amides is 1. The molecule has 0 spiro atoms. The van der Waals surface area contributed by atoms with Crippen LogP contribution < -0.4 is 9.46 Å². The number of carbonyl (C=O) groups is 1. The Morgan fingerprint density at radius 1 is 1.12 bits per heavy atom. The third-order valence-corrected chi connectivity index (χ3v) is 9.06. The van der Waals surface area contributed by atoms with E-state index >= 15 is 0 Å². The molecule has 1 amide bonds. The Hall–Kier alpha value is -1.85. The minimum absolute atomic E-state index is 0.0460. The molecule has 1 aromatic rings. The molecule has 34 heavy (non-hydrogen) atoms. The van der Waals surface area contributed by atoms with Crippen molar-refractivity contribution in [3.8, 4) is 5.75 Å². The van der Waals surface area contributed by atoms with Crippen LogP contribution in [-0.2, 0) is 19.6 Å². The van der Waals surface area contributed by atoms with Gasteiger partial charge in [0.1, 0.15) is 5.75 Å². The molecule has 1 aliphatic carbocycles. The summed E-state index contributed by atoms with van der Waals surface area (Å²) in [5.41, 5.74) is 1.06. The first kappa shape index (κ1) is 25.2. The van der Waals surface area contributed by atoms with Gasteiger partial charge in [-0.3, -0.25) is 4.79 Å². The zero-order valence-electron chi connectivity index (χ0n) is 19.1. The summed E-state index contributed by atoms with van der Waals surface area (Å²) in [7, 11) is -4.69. The summed E-state index contributed by atoms with van der Waals surface area (Å²) in [5.74, 6) is 0.616. The number of sulfonamides is 1. The van der Waals surface area contributed by atoms with E-state index in [-0.39, 0.29) is 25.2 Å². The van der Waals surface area contributed by atoms with Crippen molar-refractivity contribution < 1.29 is 35.9 Å². The van der Waals surface area contributed by atoms with Crippen molar-refractivity contribution in [1.29, 1.82) is 0 Å². The molecule has 11 heteroatoms. The fraction of sp³-hybridized carbons (Fsp3) is 0.696. The molecule has 2 bridgehead atoms. The van der Waals surface area contributed by atoms with E-state index in [1.54, 1.807) is 0 Å². The third kappa shape index (κ3) is 5.52. The smallest absolute Gasteiger partial charge is 0.406 e. The van der Waals surface area contributed by atoms with Crippen LogP contribution in [-0.4, -0.2) is 68.6 Å². The fourth-order valence-electron chi connectivity index (χ4n) is 5.15. The van der Waals surface area contributed by atoms with Crippen LogP contribution in [0, 0.1) is 0 Å². The topological polar surface area (TPSA) is 84.9 Å². The number of hydrogen-bond donors (Lipinski definition) is 1. The first-order valence-corrected chi connectivity index (χ1v) is 13.3. The Bertz CT molecular complexity index is 979. The highest BCUT2D eigenvalue weighted by molar-refractivity contribution is 7.90. The van der Waals surface area contributed by atoms with Gasteiger partial charge in [-0.15, -0.1) is 0 Å². The number of halogens is 3. The summed E-state index contributed by atoms with van der Waals surface area (Å²) in [6.07, 6.45) is -0.760. The molecule has 2 unspecified atom stereocenters. The van der Waals surface area contributed by atoms with Gasteiger partial charge >= 0.3 is 6.18 Å². The average Bonchev–Trinajstić information content (AvgIpc) is 2.82. The van der Waals surface area contributed by atoms with Gasteiger partial charge in [-0.2, -0.15) is 13.2 Å². The molecule has 5 rings (SSSR count). The largest absolute Gasteiger partial charge is 0.483 e. The van der Waals surface area contributed by atoms with Crippen molar-refractivity contribution in [3.05, 3.63) is 29.8 Å². The summed E-state index contributed by atoms with van der Waals surface area (Å²) in [5, 5.41) is -2.56. The normalized spacial score (nSPS) is 29.6. The first-order valence-electron chi connectivity index (χ1n) is 11.8. The highest BCUT2D eigenvalue weighted by Gasteiger charge is 2.47. The number of para-hydroxylation sites is 1. The van der Waals surface area contributed by atoms with Crippen LogP contribution in [0.4, 0.5) is 13.2 Å². The molecule has 190 valence electrons. The zero-order chi connectivity index (χ0) is 24.5. The molecule has 1 saturated heterocycles. The van der Waals surface area contributed by atoms with E-state index < -0.39 is 33.5 Å². The number of piperidine rings is 1. The van der Waals surface area contributed by atoms with Crippen LogP contribution in [0.15, 0.2) is 24.3 Å². The number of benzene rings is 1. The Kier molecular flexibility index (Phi) is 7.44. The van der Waals surface area contributed by atoms with Gasteiger partial charge in [0.25, 0.3) is 5.91 Å². The lowest BCUT2D eigenvalue weighted by atomic mass is 9.82. The number of fused-ring (bicyclic) bond motifs is 5. The minimum Gasteiger partial charge on any atom is -0.483 e. The maximum Gasteiger partial charge on any atom is 0.406 e. The molecule has 0 aromatic heterocycles. The molecular weight excluding hydrogens is 473 g/mol. The van der Waals surface area contributed by atoms with Crippen molar-refractivity contribution >= 4 is 15.9 Å². The lowest BCUT2D eigenvalue weighted by Crippen LogP contribution is -2.61. The van der Waals surface area contributed by atoms with Crippen molar-refractivity contribution in [2.45, 2.75) is 81.0 Å². The number of nitrogens with one attached hydrogen (secondary N) is 1. The molecule has 1 saturated carbocycles. The van der Waals surface area contributed by atoms with Gasteiger partial charge in [0, 0.05) is 12.6 Å². The lowest BCUT2D eigenvalue weighted by molar-refractivity contribution is -0.140. The monoisotopic (exact) mass is 504 g/mol. The Morgan fingerprint density at radius 2 is 1.82 bits per heavy atom. The number of alkyl halides is 3. The van der Waals surface area contributed by atoms with E-state index in [1.165, 1.54) is 4.90 Å². The number of ether oxygens (including phenoxy) is 2. The van der Waals surface area contributed by atoms with Crippen LogP contribution in [0.2, 0.25) is 0 Å². The highest BCUT2D eigenvalue weighted by atomic mass is 32.2. The number of nitrogens with zero attached hydrogens (tertiary/aromatic N) is 1. The first-order chi connectivity index (χ1) is 16.1. The lowest BCUT2D eigenvalue weighted by Gasteiger charge is -2.42. The van der Waals surface area contributed by atoms with Crippen LogP contribution in [0.25, 0.3) is 0 Å². The Balaban J connectivity index is 1.59. The molecule has 3 heterocycles. The molecule has 3 atom stereocenters. The van der Waals surface area contributed by atoms with E-state index in [2.05, 4.69) is 4.72 Å². The van der Waals surface area contributed by atoms with Gasteiger partial charge in [-0.05, 0) is 63.0 Å². The summed E-state index contributed by atoms with van der Waals surface area (Å²) in [4.78, 5) is 14.6. The maximum absolute atomic E-state index is 13.1. The summed E-state index contributed by atoms with van der Waals surface area (Å²) in [6.45, 7) is 0.806. The van der Waals surface area contributed by atoms with Crippen LogP contribution >= 0.6 is 0 Å². The second-order valence-electron chi connectivity index (χ2n) is 9.38. The second kappa shape index (κ2) is 10.0. The maximum atomic E-state index is 13.1. The van der Waals surface area contributed by atoms with Gasteiger partial charge in [0.2, 0.25) is 10.0 Å². The van der Waals surface area contributed by atoms with Crippen molar-refractivity contribution in [2.24, 2.45) is 0 Å². The quantitative estimate of drug-likeness (QED) is 0.683. The predicted molar refractivity (Wildman–Crippen MR) is 119 cm³/mol. The molecule has 1 N–H and O–H groups in total. The Morgan fingerprint density at radius 3 is 2.53 bits per heavy atom. The van der Waals surface area contributed by atoms with Gasteiger partial charge in [-0.25, -0.2) is 13.1 Å². The molecule has 1 aromatic carbocycles. The molecule has 7 nitrogen and oxygen atoms in total. The average molecular weight is 505 g/mol. The standard InChI is InChI=1S/C23H31F3N2O5S/c1-15(23(24,25)26)34(30,31)27-19-6-4-12-28-20(19)13-32-17-10-8-16(9-11-17)18-5-2-3-7-21(18)33-14-22(28)29/h2-3,5,7,15-17,19-20,27H,4,6,8-14H2,1H3/t15-,16?,17?,19?,20?/m1/s1. The SMILES string of the molecule is C[C@H](C(F)(F)F)S(=O)(=O)NC1CCCN2C(=O)COc3ccccc3C3CCC(CC3)OCC12. The van der Waals surface area contributed by atoms with Gasteiger partial charge in [0.15, 0.2) is 11.9 Å². The predicted octanol–water partition coefficient (Wildman–Crippen LogP) is 3.35. The van der Waals surface area contributed by atoms with Crippen molar-refractivity contribution in [1.82, 2.24) is 9.62 Å². The number of carbonyl (C=O) groups excluding carboxylic acids is 1. The van der Waals surface area contributed by atoms with Gasteiger partial charge in [0.05, 0.1) is 18.8 Å². The minimum atomic E-state index is -4.89. The van der Waals surface area contributed by atoms with E-state index in [0.29, 0.717) is 38.0 Å². The third-order valence-electron chi connectivity index (χ3n) is 7.23. The van der Waals surface area contributed by atoms with E-state index in [9.17, 15) is 26.4 Å². The van der Waals surface area contributed by atoms with E-state index in [1.807, 2.05) is 24.3 Å². The van der Waals surface area contributed by atoms with Crippen LogP contribution in [0.3, 0.4) is 0 Å². The molecule has 2 fully saturated rings. The molecule has 3 aliphatic heterocycles. The fourth-order valence-corrected chi connectivity index (χ4v) is 6.40. The zero-order valence-corrected chi connectivity index (χ0v) is 19.9. The number of hydrogen-bond acceptors (Lipinski definition) is 5. The van der Waals surface area contributed by atoms with Gasteiger partial charge in [-0.1, -0.05) is 18.2 Å². The summed E-state index contributed by atoms with van der Waals surface area (Å²) in [6, 6.07) is 6.07. The van der Waals surface area contributed by atoms with Crippen LogP contribution in [0.1, 0.15) is 56.9 Å². The Labute approximate surface area is 198 Å². The second-order valence-corrected chi connectivity index (χ2v) is 11.4. The van der Waals surface area contributed by atoms with Crippen LogP contribution in [0.5, 0.6) is 5.75 Å². The van der Waals surface area contributed by atoms with E-state index in [4.69, 9.17) is 9.47 Å². The highest BCUT2D eigenvalue weighted by Crippen LogP contribution is 2.39. The van der Waals surface area contributed by atoms with Crippen molar-refractivity contribution in [3.63, 3.8) is 0 Å². The van der Waals surface area contributed by atoms with E-state index in [0.717, 1.165) is 31.2 Å². The molecule has 0 radical (unpaired) electrons. The van der Waals surface area contributed by atoms with Gasteiger partial charge < -0.3 is 14.4 Å². The van der Waals surface area contributed by atoms with Crippen molar-refractivity contribution in [2.75, 3.05) is 19.8 Å². The number of rotatable bonds is 3. The summed E-state index contributed by atoms with van der Waals surface area (Å²) >= 11 is 0. The molecular formula is C23H31F3N2O5S. The molecule has 4 aliphatic rings.